The van der Waals surface area contributed by atoms with E-state index in [9.17, 15) is 19.5 Å². The van der Waals surface area contributed by atoms with Crippen molar-refractivity contribution in [2.75, 3.05) is 0 Å². The molecule has 0 saturated heterocycles. The summed E-state index contributed by atoms with van der Waals surface area (Å²) in [7, 11) is 0. The van der Waals surface area contributed by atoms with Gasteiger partial charge in [0, 0.05) is 5.41 Å². The molecule has 5 fully saturated rings. The van der Waals surface area contributed by atoms with Crippen molar-refractivity contribution < 1.29 is 29.3 Å². The third kappa shape index (κ3) is 4.22. The van der Waals surface area contributed by atoms with Crippen LogP contribution in [0.25, 0.3) is 0 Å². The van der Waals surface area contributed by atoms with Crippen molar-refractivity contribution in [1.82, 2.24) is 0 Å². The van der Waals surface area contributed by atoms with Crippen LogP contribution in [0.3, 0.4) is 0 Å². The van der Waals surface area contributed by atoms with Gasteiger partial charge in [0.1, 0.15) is 0 Å². The topological polar surface area (TPSA) is 101 Å². The lowest BCUT2D eigenvalue weighted by Crippen LogP contribution is -2.73. The maximum absolute atomic E-state index is 13.9. The quantitative estimate of drug-likeness (QED) is 0.269. The summed E-state index contributed by atoms with van der Waals surface area (Å²) in [4.78, 5) is 37.4. The Balaban J connectivity index is 1.54. The number of carbonyl (C=O) groups excluding carboxylic acids is 2. The Labute approximate surface area is 247 Å². The Bertz CT molecular complexity index is 1100. The first-order valence-electron chi connectivity index (χ1n) is 16.6. The molecule has 0 aromatic heterocycles. The standard InChI is InChI=1S/C35H56O6/c1-21-13-15-31(5)18-19-32(6)23(28(31)22(21)2)9-10-25-33(32,7)16-14-24-30(3,4)17-20-35(40,34(24,25)8)29(39)41-27(38)12-11-26(36)37/h21-25,28,40H,9-20H2,1-8H3,(H,36,37)/t21-,22+,23-,24+,25+,28+,31-,32-,33-,34+,35?/m1/s1. The van der Waals surface area contributed by atoms with E-state index in [1.165, 1.54) is 25.7 Å². The number of hydrogen-bond donors (Lipinski definition) is 2. The molecule has 11 atom stereocenters. The normalized spacial score (nSPS) is 50.4. The number of carboxylic acids is 1. The predicted molar refractivity (Wildman–Crippen MR) is 158 cm³/mol. The second kappa shape index (κ2) is 9.79. The highest BCUT2D eigenvalue weighted by Gasteiger charge is 2.75. The molecule has 6 heteroatoms. The number of aliphatic carboxylic acids is 1. The summed E-state index contributed by atoms with van der Waals surface area (Å²) < 4.78 is 5.29. The van der Waals surface area contributed by atoms with Crippen molar-refractivity contribution in [2.45, 2.75) is 138 Å². The van der Waals surface area contributed by atoms with Gasteiger partial charge in [0.2, 0.25) is 0 Å². The highest BCUT2D eigenvalue weighted by Crippen LogP contribution is 2.78. The van der Waals surface area contributed by atoms with Crippen molar-refractivity contribution in [3.63, 3.8) is 0 Å². The van der Waals surface area contributed by atoms with E-state index in [1.54, 1.807) is 0 Å². The molecule has 0 radical (unpaired) electrons. The maximum atomic E-state index is 13.9. The lowest BCUT2D eigenvalue weighted by molar-refractivity contribution is -0.291. The molecule has 232 valence electrons. The SMILES string of the molecule is C[C@@H]1[C@H]2[C@H]3CC[C@@H]4[C@]5(C)[C@@H](CC[C@@]4(C)[C@]3(C)CC[C@@]2(C)CC[C@H]1C)C(C)(C)CCC5(O)C(=O)OC(=O)CCC(=O)O. The van der Waals surface area contributed by atoms with E-state index < -0.39 is 35.3 Å². The second-order valence-electron chi connectivity index (χ2n) is 17.0. The molecule has 6 nitrogen and oxygen atoms in total. The van der Waals surface area contributed by atoms with Crippen LogP contribution in [0.2, 0.25) is 0 Å². The molecule has 5 aliphatic carbocycles. The minimum atomic E-state index is -1.78. The van der Waals surface area contributed by atoms with Crippen molar-refractivity contribution in [3.8, 4) is 0 Å². The zero-order chi connectivity index (χ0) is 30.4. The van der Waals surface area contributed by atoms with Crippen LogP contribution in [-0.4, -0.2) is 33.7 Å². The zero-order valence-corrected chi connectivity index (χ0v) is 27.0. The summed E-state index contributed by atoms with van der Waals surface area (Å²) in [6.45, 7) is 19.3. The van der Waals surface area contributed by atoms with Crippen LogP contribution >= 0.6 is 0 Å². The number of carboxylic acid groups (broad SMARTS) is 1. The number of hydrogen-bond acceptors (Lipinski definition) is 5. The number of fused-ring (bicyclic) bond motifs is 7. The molecular weight excluding hydrogens is 516 g/mol. The monoisotopic (exact) mass is 572 g/mol. The zero-order valence-electron chi connectivity index (χ0n) is 27.0. The first-order valence-corrected chi connectivity index (χ1v) is 16.6. The Kier molecular flexibility index (Phi) is 7.40. The van der Waals surface area contributed by atoms with E-state index in [1.807, 2.05) is 0 Å². The highest BCUT2D eigenvalue weighted by atomic mass is 16.6. The third-order valence-corrected chi connectivity index (χ3v) is 15.2. The van der Waals surface area contributed by atoms with Gasteiger partial charge in [-0.2, -0.15) is 0 Å². The second-order valence-corrected chi connectivity index (χ2v) is 17.0. The summed E-state index contributed by atoms with van der Waals surface area (Å²) in [5.41, 5.74) is -2.11. The molecule has 5 aliphatic rings. The van der Waals surface area contributed by atoms with Gasteiger partial charge in [-0.15, -0.1) is 0 Å². The summed E-state index contributed by atoms with van der Waals surface area (Å²) in [5.74, 6) is 0.183. The van der Waals surface area contributed by atoms with Crippen LogP contribution in [0.5, 0.6) is 0 Å². The van der Waals surface area contributed by atoms with Crippen LogP contribution in [0, 0.1) is 62.6 Å². The first-order chi connectivity index (χ1) is 18.9. The van der Waals surface area contributed by atoms with E-state index in [-0.39, 0.29) is 40.9 Å². The van der Waals surface area contributed by atoms with Gasteiger partial charge in [0.15, 0.2) is 5.60 Å². The van der Waals surface area contributed by atoms with Gasteiger partial charge < -0.3 is 14.9 Å². The summed E-state index contributed by atoms with van der Waals surface area (Å²) >= 11 is 0. The molecule has 0 aliphatic heterocycles. The largest absolute Gasteiger partial charge is 0.481 e. The van der Waals surface area contributed by atoms with Crippen molar-refractivity contribution in [1.29, 1.82) is 0 Å². The number of carbonyl (C=O) groups is 3. The number of esters is 2. The van der Waals surface area contributed by atoms with Gasteiger partial charge in [0.25, 0.3) is 0 Å². The fraction of sp³-hybridized carbons (Fsp3) is 0.914. The summed E-state index contributed by atoms with van der Waals surface area (Å²) in [6, 6.07) is 0. The van der Waals surface area contributed by atoms with E-state index in [4.69, 9.17) is 9.84 Å². The Morgan fingerprint density at radius 2 is 1.44 bits per heavy atom. The van der Waals surface area contributed by atoms with Gasteiger partial charge >= 0.3 is 17.9 Å². The average molecular weight is 573 g/mol. The molecule has 2 N–H and O–H groups in total. The van der Waals surface area contributed by atoms with Crippen LogP contribution in [0.1, 0.15) is 132 Å². The van der Waals surface area contributed by atoms with Gasteiger partial charge in [-0.05, 0) is 121 Å². The van der Waals surface area contributed by atoms with Crippen LogP contribution in [0.15, 0.2) is 0 Å². The third-order valence-electron chi connectivity index (χ3n) is 15.2. The number of rotatable bonds is 4. The van der Waals surface area contributed by atoms with E-state index in [0.29, 0.717) is 29.6 Å². The molecule has 5 saturated carbocycles. The van der Waals surface area contributed by atoms with Gasteiger partial charge in [0.05, 0.1) is 12.8 Å². The molecule has 0 spiro atoms. The number of aliphatic hydroxyl groups is 1. The molecular formula is C35H56O6. The van der Waals surface area contributed by atoms with E-state index >= 15 is 0 Å². The smallest absolute Gasteiger partial charge is 0.346 e. The van der Waals surface area contributed by atoms with Gasteiger partial charge in [-0.25, -0.2) is 4.79 Å². The molecule has 1 unspecified atom stereocenters. The average Bonchev–Trinajstić information content (AvgIpc) is 2.88. The summed E-state index contributed by atoms with van der Waals surface area (Å²) in [5, 5.41) is 21.6. The molecule has 0 aromatic carbocycles. The van der Waals surface area contributed by atoms with E-state index in [0.717, 1.165) is 31.6 Å². The molecule has 5 rings (SSSR count). The lowest BCUT2D eigenvalue weighted by Gasteiger charge is -2.75. The predicted octanol–water partition coefficient (Wildman–Crippen LogP) is 7.41. The molecule has 41 heavy (non-hydrogen) atoms. The highest BCUT2D eigenvalue weighted by molar-refractivity contribution is 5.92. The fourth-order valence-electron chi connectivity index (χ4n) is 12.4. The Morgan fingerprint density at radius 1 is 0.756 bits per heavy atom. The number of ether oxygens (including phenoxy) is 1. The first kappa shape index (κ1) is 31.0. The molecule has 0 amide bonds. The lowest BCUT2D eigenvalue weighted by atomic mass is 9.30. The Morgan fingerprint density at radius 3 is 2.10 bits per heavy atom. The van der Waals surface area contributed by atoms with E-state index in [2.05, 4.69) is 55.4 Å². The minimum Gasteiger partial charge on any atom is -0.481 e. The van der Waals surface area contributed by atoms with Gasteiger partial charge in [-0.1, -0.05) is 55.4 Å². The van der Waals surface area contributed by atoms with Crippen LogP contribution in [-0.2, 0) is 19.1 Å². The van der Waals surface area contributed by atoms with Gasteiger partial charge in [-0.3, -0.25) is 9.59 Å². The van der Waals surface area contributed by atoms with Crippen molar-refractivity contribution in [3.05, 3.63) is 0 Å². The van der Waals surface area contributed by atoms with Crippen molar-refractivity contribution in [2.24, 2.45) is 62.6 Å². The maximum Gasteiger partial charge on any atom is 0.346 e. The van der Waals surface area contributed by atoms with Crippen molar-refractivity contribution >= 4 is 17.9 Å². The Hall–Kier alpha value is -1.43. The molecule has 0 heterocycles. The summed E-state index contributed by atoms with van der Waals surface area (Å²) in [6.07, 6.45) is 9.43. The minimum absolute atomic E-state index is 0.0438. The van der Waals surface area contributed by atoms with Crippen LogP contribution < -0.4 is 0 Å². The molecule has 0 bridgehead atoms. The fourth-order valence-corrected chi connectivity index (χ4v) is 12.4. The van der Waals surface area contributed by atoms with Crippen LogP contribution in [0.4, 0.5) is 0 Å². The molecule has 0 aromatic rings.